The van der Waals surface area contributed by atoms with Gasteiger partial charge in [-0.3, -0.25) is 14.4 Å². The van der Waals surface area contributed by atoms with Crippen LogP contribution >= 0.6 is 23.1 Å². The van der Waals surface area contributed by atoms with Crippen molar-refractivity contribution in [2.24, 2.45) is 5.92 Å². The number of benzene rings is 2. The smallest absolute Gasteiger partial charge is 0.230 e. The molecule has 2 fully saturated rings. The van der Waals surface area contributed by atoms with Gasteiger partial charge in [0.25, 0.3) is 0 Å². The molecule has 1 atom stereocenters. The van der Waals surface area contributed by atoms with Crippen LogP contribution in [0.5, 0.6) is 0 Å². The minimum atomic E-state index is -0.453. The zero-order valence-corrected chi connectivity index (χ0v) is 21.9. The number of nitrogens with zero attached hydrogens (tertiary/aromatic N) is 2. The molecule has 1 aliphatic carbocycles. The summed E-state index contributed by atoms with van der Waals surface area (Å²) in [4.78, 5) is 44.6. The molecule has 7 nitrogen and oxygen atoms in total. The number of thiazole rings is 1. The van der Waals surface area contributed by atoms with Gasteiger partial charge < -0.3 is 15.5 Å². The molecule has 3 aromatic rings. The van der Waals surface area contributed by atoms with Gasteiger partial charge in [0.15, 0.2) is 4.34 Å². The lowest BCUT2D eigenvalue weighted by molar-refractivity contribution is -0.122. The topological polar surface area (TPSA) is 91.4 Å². The molecular weight excluding hydrogens is 492 g/mol. The second-order valence-corrected chi connectivity index (χ2v) is 11.5. The van der Waals surface area contributed by atoms with Gasteiger partial charge in [0, 0.05) is 30.3 Å². The van der Waals surface area contributed by atoms with Crippen molar-refractivity contribution in [3.8, 4) is 11.3 Å². The molecule has 0 spiro atoms. The summed E-state index contributed by atoms with van der Waals surface area (Å²) in [5, 5.41) is 6.66. The Balaban J connectivity index is 1.30. The van der Waals surface area contributed by atoms with Crippen molar-refractivity contribution in [2.75, 3.05) is 22.5 Å². The van der Waals surface area contributed by atoms with Crippen LogP contribution in [0.1, 0.15) is 30.4 Å². The molecule has 1 saturated heterocycles. The third-order valence-corrected chi connectivity index (χ3v) is 8.57. The molecular formula is C27H28N4O3S2. The SMILES string of the molecule is Cc1ccc(N2CC(C(=O)Nc3sc(SCC(=O)NC4CC4)nc3-c3ccccc3)CC2=O)cc1C. The lowest BCUT2D eigenvalue weighted by atomic mass is 10.1. The highest BCUT2D eigenvalue weighted by Gasteiger charge is 2.36. The van der Waals surface area contributed by atoms with Crippen molar-refractivity contribution < 1.29 is 14.4 Å². The van der Waals surface area contributed by atoms with Gasteiger partial charge in [0.05, 0.1) is 11.7 Å². The Hall–Kier alpha value is -3.17. The monoisotopic (exact) mass is 520 g/mol. The van der Waals surface area contributed by atoms with Crippen LogP contribution in [-0.2, 0) is 14.4 Å². The first-order valence-electron chi connectivity index (χ1n) is 12.0. The fraction of sp³-hybridized carbons (Fsp3) is 0.333. The van der Waals surface area contributed by atoms with Crippen LogP contribution in [0.15, 0.2) is 52.9 Å². The number of hydrogen-bond acceptors (Lipinski definition) is 6. The predicted molar refractivity (Wildman–Crippen MR) is 144 cm³/mol. The second kappa shape index (κ2) is 10.4. The Morgan fingerprint density at radius 2 is 1.89 bits per heavy atom. The van der Waals surface area contributed by atoms with Crippen LogP contribution < -0.4 is 15.5 Å². The Morgan fingerprint density at radius 3 is 2.61 bits per heavy atom. The molecule has 1 saturated carbocycles. The highest BCUT2D eigenvalue weighted by atomic mass is 32.2. The van der Waals surface area contributed by atoms with Crippen molar-refractivity contribution in [1.29, 1.82) is 0 Å². The van der Waals surface area contributed by atoms with Gasteiger partial charge in [0.1, 0.15) is 10.7 Å². The Labute approximate surface area is 218 Å². The Kier molecular flexibility index (Phi) is 7.11. The van der Waals surface area contributed by atoms with Crippen LogP contribution in [0, 0.1) is 19.8 Å². The highest BCUT2D eigenvalue weighted by Crippen LogP contribution is 2.38. The molecule has 36 heavy (non-hydrogen) atoms. The van der Waals surface area contributed by atoms with Crippen molar-refractivity contribution in [3.05, 3.63) is 59.7 Å². The molecule has 1 aromatic heterocycles. The van der Waals surface area contributed by atoms with Crippen LogP contribution in [0.2, 0.25) is 0 Å². The quantitative estimate of drug-likeness (QED) is 0.417. The molecule has 0 bridgehead atoms. The molecule has 3 amide bonds. The van der Waals surface area contributed by atoms with Crippen molar-refractivity contribution in [1.82, 2.24) is 10.3 Å². The largest absolute Gasteiger partial charge is 0.353 e. The number of rotatable bonds is 8. The fourth-order valence-electron chi connectivity index (χ4n) is 4.10. The summed E-state index contributed by atoms with van der Waals surface area (Å²) in [5.74, 6) is -0.415. The first-order chi connectivity index (χ1) is 17.4. The Morgan fingerprint density at radius 1 is 1.11 bits per heavy atom. The minimum Gasteiger partial charge on any atom is -0.353 e. The van der Waals surface area contributed by atoms with Gasteiger partial charge in [0.2, 0.25) is 17.7 Å². The Bertz CT molecular complexity index is 1300. The molecule has 1 unspecified atom stereocenters. The number of thioether (sulfide) groups is 1. The average molecular weight is 521 g/mol. The van der Waals surface area contributed by atoms with Gasteiger partial charge >= 0.3 is 0 Å². The summed E-state index contributed by atoms with van der Waals surface area (Å²) in [6.45, 7) is 4.39. The number of aryl methyl sites for hydroxylation is 2. The van der Waals surface area contributed by atoms with E-state index in [9.17, 15) is 14.4 Å². The van der Waals surface area contributed by atoms with E-state index in [0.29, 0.717) is 27.6 Å². The molecule has 2 heterocycles. The van der Waals surface area contributed by atoms with Gasteiger partial charge in [-0.25, -0.2) is 4.98 Å². The maximum Gasteiger partial charge on any atom is 0.230 e. The van der Waals surface area contributed by atoms with Crippen LogP contribution in [-0.4, -0.2) is 41.0 Å². The van der Waals surface area contributed by atoms with Gasteiger partial charge in [-0.1, -0.05) is 59.5 Å². The van der Waals surface area contributed by atoms with E-state index >= 15 is 0 Å². The number of carbonyl (C=O) groups excluding carboxylic acids is 3. The normalized spacial score (nSPS) is 17.3. The molecule has 2 N–H and O–H groups in total. The first-order valence-corrected chi connectivity index (χ1v) is 13.8. The van der Waals surface area contributed by atoms with Crippen molar-refractivity contribution in [2.45, 2.75) is 43.5 Å². The minimum absolute atomic E-state index is 0.000415. The molecule has 9 heteroatoms. The third kappa shape index (κ3) is 5.63. The summed E-state index contributed by atoms with van der Waals surface area (Å²) >= 11 is 2.73. The van der Waals surface area contributed by atoms with E-state index in [4.69, 9.17) is 4.98 Å². The van der Waals surface area contributed by atoms with E-state index in [1.165, 1.54) is 23.1 Å². The number of amides is 3. The predicted octanol–water partition coefficient (Wildman–Crippen LogP) is 4.79. The number of carbonyl (C=O) groups is 3. The van der Waals surface area contributed by atoms with Crippen LogP contribution in [0.3, 0.4) is 0 Å². The molecule has 5 rings (SSSR count). The van der Waals surface area contributed by atoms with E-state index < -0.39 is 5.92 Å². The summed E-state index contributed by atoms with van der Waals surface area (Å²) in [6.07, 6.45) is 2.26. The number of nitrogens with one attached hydrogen (secondary N) is 2. The van der Waals surface area contributed by atoms with Crippen molar-refractivity contribution in [3.63, 3.8) is 0 Å². The molecule has 2 aliphatic rings. The van der Waals surface area contributed by atoms with E-state index in [1.54, 1.807) is 4.90 Å². The van der Waals surface area contributed by atoms with Gasteiger partial charge in [-0.15, -0.1) is 0 Å². The summed E-state index contributed by atoms with van der Waals surface area (Å²) in [5.41, 5.74) is 4.66. The lowest BCUT2D eigenvalue weighted by Gasteiger charge is -2.18. The molecule has 2 aromatic carbocycles. The number of anilines is 2. The average Bonchev–Trinajstić information content (AvgIpc) is 3.45. The summed E-state index contributed by atoms with van der Waals surface area (Å²) < 4.78 is 0.717. The maximum atomic E-state index is 13.3. The maximum absolute atomic E-state index is 13.3. The zero-order chi connectivity index (χ0) is 25.2. The molecule has 1 aliphatic heterocycles. The third-order valence-electron chi connectivity index (χ3n) is 6.46. The van der Waals surface area contributed by atoms with Crippen LogP contribution in [0.25, 0.3) is 11.3 Å². The molecule has 186 valence electrons. The summed E-state index contributed by atoms with van der Waals surface area (Å²) in [6, 6.07) is 15.9. The van der Waals surface area contributed by atoms with Gasteiger partial charge in [-0.2, -0.15) is 0 Å². The zero-order valence-electron chi connectivity index (χ0n) is 20.2. The number of hydrogen-bond donors (Lipinski definition) is 2. The first kappa shape index (κ1) is 24.5. The lowest BCUT2D eigenvalue weighted by Crippen LogP contribution is -2.28. The van der Waals surface area contributed by atoms with E-state index in [2.05, 4.69) is 10.6 Å². The molecule has 0 radical (unpaired) electrons. The van der Waals surface area contributed by atoms with E-state index in [1.807, 2.05) is 62.4 Å². The highest BCUT2D eigenvalue weighted by molar-refractivity contribution is 8.01. The van der Waals surface area contributed by atoms with Gasteiger partial charge in [-0.05, 0) is 49.9 Å². The summed E-state index contributed by atoms with van der Waals surface area (Å²) in [7, 11) is 0. The number of aromatic nitrogens is 1. The second-order valence-electron chi connectivity index (χ2n) is 9.32. The van der Waals surface area contributed by atoms with E-state index in [0.717, 1.165) is 35.2 Å². The fourth-order valence-corrected chi connectivity index (χ4v) is 5.98. The van der Waals surface area contributed by atoms with Crippen molar-refractivity contribution >= 4 is 51.5 Å². The van der Waals surface area contributed by atoms with Crippen LogP contribution in [0.4, 0.5) is 10.7 Å². The standard InChI is InChI=1S/C27H28N4O3S2/c1-16-8-11-21(12-17(16)2)31-14-19(13-23(31)33)25(34)30-26-24(18-6-4-3-5-7-18)29-27(36-26)35-15-22(32)28-20-9-10-20/h3-8,11-12,19-20H,9-10,13-15H2,1-2H3,(H,28,32)(H,30,34). The van der Waals surface area contributed by atoms with E-state index in [-0.39, 0.29) is 29.9 Å².